The maximum absolute atomic E-state index is 12.6. The van der Waals surface area contributed by atoms with Gasteiger partial charge in [0.2, 0.25) is 5.91 Å². The normalized spacial score (nSPS) is 10.1. The molecule has 0 radical (unpaired) electrons. The minimum absolute atomic E-state index is 0.0781. The van der Waals surface area contributed by atoms with Crippen molar-refractivity contribution in [2.45, 2.75) is 66.5 Å². The van der Waals surface area contributed by atoms with E-state index in [1.807, 2.05) is 27.7 Å². The molecule has 0 saturated carbocycles. The molecule has 0 atom stereocenters. The van der Waals surface area contributed by atoms with E-state index in [0.717, 1.165) is 36.8 Å². The summed E-state index contributed by atoms with van der Waals surface area (Å²) in [5.41, 5.74) is 7.15. The van der Waals surface area contributed by atoms with Gasteiger partial charge in [0.05, 0.1) is 5.92 Å². The number of carboxylic acids is 1. The van der Waals surface area contributed by atoms with Gasteiger partial charge in [-0.15, -0.1) is 0 Å². The molecule has 0 heterocycles. The first-order valence-corrected chi connectivity index (χ1v) is 11.4. The molecule has 0 aromatic heterocycles. The van der Waals surface area contributed by atoms with Gasteiger partial charge in [-0.3, -0.25) is 9.59 Å². The number of rotatable bonds is 9. The van der Waals surface area contributed by atoms with Crippen LogP contribution in [0, 0.1) is 23.5 Å². The Morgan fingerprint density at radius 2 is 1.18 bits per heavy atom. The van der Waals surface area contributed by atoms with Crippen LogP contribution in [0.2, 0.25) is 0 Å². The molecular formula is C26H38F2N2O3. The Hall–Kier alpha value is -2.80. The summed E-state index contributed by atoms with van der Waals surface area (Å²) >= 11 is 0. The average molecular weight is 465 g/mol. The molecule has 0 aliphatic rings. The van der Waals surface area contributed by atoms with Crippen LogP contribution in [0.3, 0.4) is 0 Å². The van der Waals surface area contributed by atoms with Gasteiger partial charge in [-0.25, -0.2) is 8.78 Å². The van der Waals surface area contributed by atoms with Crippen LogP contribution >= 0.6 is 0 Å². The number of carbonyl (C=O) groups is 2. The van der Waals surface area contributed by atoms with Crippen LogP contribution in [0.15, 0.2) is 48.5 Å². The molecule has 2 aromatic rings. The summed E-state index contributed by atoms with van der Waals surface area (Å²) in [6.07, 6.45) is 3.19. The third-order valence-electron chi connectivity index (χ3n) is 5.22. The molecule has 7 heteroatoms. The molecule has 2 rings (SSSR count). The summed E-state index contributed by atoms with van der Waals surface area (Å²) in [5, 5.41) is 11.2. The van der Waals surface area contributed by atoms with Crippen molar-refractivity contribution < 1.29 is 23.5 Å². The second-order valence-corrected chi connectivity index (χ2v) is 7.54. The molecule has 0 spiro atoms. The van der Waals surface area contributed by atoms with Crippen LogP contribution in [0.25, 0.3) is 0 Å². The minimum atomic E-state index is -0.671. The van der Waals surface area contributed by atoms with Crippen molar-refractivity contribution in [3.63, 3.8) is 0 Å². The molecule has 0 fully saturated rings. The molecule has 184 valence electrons. The molecule has 33 heavy (non-hydrogen) atoms. The summed E-state index contributed by atoms with van der Waals surface area (Å²) in [4.78, 5) is 21.8. The number of hydrogen-bond donors (Lipinski definition) is 3. The highest BCUT2D eigenvalue weighted by Gasteiger charge is 2.13. The van der Waals surface area contributed by atoms with Gasteiger partial charge < -0.3 is 16.2 Å². The topological polar surface area (TPSA) is 92.4 Å². The lowest BCUT2D eigenvalue weighted by molar-refractivity contribution is -0.141. The molecule has 4 N–H and O–H groups in total. The van der Waals surface area contributed by atoms with E-state index in [1.165, 1.54) is 24.3 Å². The van der Waals surface area contributed by atoms with E-state index in [0.29, 0.717) is 13.1 Å². The Kier molecular flexibility index (Phi) is 16.2. The summed E-state index contributed by atoms with van der Waals surface area (Å²) < 4.78 is 24.8. The Morgan fingerprint density at radius 1 is 0.788 bits per heavy atom. The standard InChI is InChI=1S/C13H18FNO.C7H8FN.C6H12O2/c1-3-11(4-2)13(16)15-9-10-5-7-12(14)8-6-10;8-7-3-1-6(5-9)2-4-7;1-3-5(4-2)6(7)8/h5-8,11H,3-4,9H2,1-2H3,(H,15,16);1-4H,5,9H2;5H,3-4H2,1-2H3,(H,7,8). The van der Waals surface area contributed by atoms with E-state index < -0.39 is 5.97 Å². The Labute approximate surface area is 196 Å². The van der Waals surface area contributed by atoms with Gasteiger partial charge in [0, 0.05) is 19.0 Å². The maximum Gasteiger partial charge on any atom is 0.306 e. The molecule has 5 nitrogen and oxygen atoms in total. The van der Waals surface area contributed by atoms with Crippen molar-refractivity contribution >= 4 is 11.9 Å². The lowest BCUT2D eigenvalue weighted by Crippen LogP contribution is -2.29. The zero-order valence-corrected chi connectivity index (χ0v) is 20.1. The largest absolute Gasteiger partial charge is 0.481 e. The van der Waals surface area contributed by atoms with Gasteiger partial charge in [-0.05, 0) is 61.1 Å². The molecule has 0 bridgehead atoms. The monoisotopic (exact) mass is 464 g/mol. The maximum atomic E-state index is 12.6. The number of amides is 1. The molecule has 0 unspecified atom stereocenters. The lowest BCUT2D eigenvalue weighted by Gasteiger charge is -2.12. The summed E-state index contributed by atoms with van der Waals surface area (Å²) in [6.45, 7) is 8.73. The van der Waals surface area contributed by atoms with Gasteiger partial charge in [0.15, 0.2) is 0 Å². The molecule has 1 amide bonds. The average Bonchev–Trinajstić information content (AvgIpc) is 2.81. The fourth-order valence-electron chi connectivity index (χ4n) is 2.85. The third-order valence-corrected chi connectivity index (χ3v) is 5.22. The molecule has 0 saturated heterocycles. The highest BCUT2D eigenvalue weighted by Crippen LogP contribution is 2.08. The van der Waals surface area contributed by atoms with Crippen molar-refractivity contribution in [3.05, 3.63) is 71.3 Å². The first-order chi connectivity index (χ1) is 15.7. The fraction of sp³-hybridized carbons (Fsp3) is 0.462. The number of nitrogens with two attached hydrogens (primary N) is 1. The fourth-order valence-corrected chi connectivity index (χ4v) is 2.85. The first kappa shape index (κ1) is 30.2. The van der Waals surface area contributed by atoms with Crippen LogP contribution in [0.1, 0.15) is 64.5 Å². The Balaban J connectivity index is 0.000000511. The van der Waals surface area contributed by atoms with E-state index in [1.54, 1.807) is 24.3 Å². The van der Waals surface area contributed by atoms with E-state index in [2.05, 4.69) is 5.32 Å². The van der Waals surface area contributed by atoms with E-state index in [9.17, 15) is 18.4 Å². The number of nitrogens with one attached hydrogen (secondary N) is 1. The number of hydrogen-bond acceptors (Lipinski definition) is 3. The molecule has 0 aliphatic carbocycles. The molecule has 2 aromatic carbocycles. The summed E-state index contributed by atoms with van der Waals surface area (Å²) in [5.74, 6) is -1.11. The van der Waals surface area contributed by atoms with E-state index >= 15 is 0 Å². The van der Waals surface area contributed by atoms with Crippen molar-refractivity contribution in [1.29, 1.82) is 0 Å². The van der Waals surface area contributed by atoms with Crippen molar-refractivity contribution in [2.24, 2.45) is 17.6 Å². The van der Waals surface area contributed by atoms with Crippen LogP contribution in [-0.2, 0) is 22.7 Å². The van der Waals surface area contributed by atoms with Crippen LogP contribution in [0.4, 0.5) is 8.78 Å². The zero-order chi connectivity index (χ0) is 25.2. The first-order valence-electron chi connectivity index (χ1n) is 11.4. The van der Waals surface area contributed by atoms with Gasteiger partial charge in [-0.2, -0.15) is 0 Å². The molecular weight excluding hydrogens is 426 g/mol. The highest BCUT2D eigenvalue weighted by atomic mass is 19.1. The summed E-state index contributed by atoms with van der Waals surface area (Å²) in [7, 11) is 0. The zero-order valence-electron chi connectivity index (χ0n) is 20.1. The number of carboxylic acid groups (broad SMARTS) is 1. The van der Waals surface area contributed by atoms with Gasteiger partial charge in [0.1, 0.15) is 11.6 Å². The predicted octanol–water partition coefficient (Wildman–Crippen LogP) is 5.67. The number of carbonyl (C=O) groups excluding carboxylic acids is 1. The van der Waals surface area contributed by atoms with Crippen LogP contribution in [-0.4, -0.2) is 17.0 Å². The molecule has 0 aliphatic heterocycles. The van der Waals surface area contributed by atoms with E-state index in [-0.39, 0.29) is 29.4 Å². The second-order valence-electron chi connectivity index (χ2n) is 7.54. The quantitative estimate of drug-likeness (QED) is 0.446. The van der Waals surface area contributed by atoms with Crippen molar-refractivity contribution in [1.82, 2.24) is 5.32 Å². The number of aliphatic carboxylic acids is 1. The van der Waals surface area contributed by atoms with Gasteiger partial charge >= 0.3 is 5.97 Å². The van der Waals surface area contributed by atoms with E-state index in [4.69, 9.17) is 10.8 Å². The minimum Gasteiger partial charge on any atom is -0.481 e. The number of benzene rings is 2. The SMILES string of the molecule is CCC(CC)C(=O)NCc1ccc(F)cc1.CCC(CC)C(=O)O.NCc1ccc(F)cc1. The second kappa shape index (κ2) is 17.7. The smallest absolute Gasteiger partial charge is 0.306 e. The van der Waals surface area contributed by atoms with Gasteiger partial charge in [-0.1, -0.05) is 52.0 Å². The number of halogens is 2. The predicted molar refractivity (Wildman–Crippen MR) is 128 cm³/mol. The van der Waals surface area contributed by atoms with Crippen molar-refractivity contribution in [3.8, 4) is 0 Å². The summed E-state index contributed by atoms with van der Waals surface area (Å²) in [6, 6.07) is 12.3. The Bertz CT molecular complexity index is 788. The Morgan fingerprint density at radius 3 is 1.48 bits per heavy atom. The highest BCUT2D eigenvalue weighted by molar-refractivity contribution is 5.78. The van der Waals surface area contributed by atoms with Gasteiger partial charge in [0.25, 0.3) is 0 Å². The lowest BCUT2D eigenvalue weighted by atomic mass is 10.0. The van der Waals surface area contributed by atoms with Crippen molar-refractivity contribution in [2.75, 3.05) is 0 Å². The van der Waals surface area contributed by atoms with Crippen LogP contribution < -0.4 is 11.1 Å². The third kappa shape index (κ3) is 13.4. The van der Waals surface area contributed by atoms with Crippen LogP contribution in [0.5, 0.6) is 0 Å².